The van der Waals surface area contributed by atoms with E-state index in [0.717, 1.165) is 44.9 Å². The smallest absolute Gasteiger partial charge is 0.305 e. The first-order chi connectivity index (χ1) is 40.0. The van der Waals surface area contributed by atoms with E-state index < -0.39 is 12.1 Å². The summed E-state index contributed by atoms with van der Waals surface area (Å²) in [6.07, 6.45) is 89.8. The minimum atomic E-state index is -0.660. The Morgan fingerprint density at radius 3 is 0.938 bits per heavy atom. The summed E-state index contributed by atoms with van der Waals surface area (Å²) in [5.74, 6) is -0.00756. The Bertz CT molecular complexity index is 1270. The maximum absolute atomic E-state index is 12.5. The van der Waals surface area contributed by atoms with Crippen molar-refractivity contribution >= 4 is 11.9 Å². The fraction of sp³-hybridized carbons (Fsp3) is 0.920. The van der Waals surface area contributed by atoms with Crippen molar-refractivity contribution in [2.45, 2.75) is 431 Å². The van der Waals surface area contributed by atoms with Crippen molar-refractivity contribution < 1.29 is 24.5 Å². The molecule has 0 saturated heterocycles. The first-order valence-corrected chi connectivity index (χ1v) is 37.1. The number of amides is 1. The molecule has 3 N–H and O–H groups in total. The summed E-state index contributed by atoms with van der Waals surface area (Å²) in [6.45, 7) is 4.98. The van der Waals surface area contributed by atoms with Gasteiger partial charge in [-0.1, -0.05) is 372 Å². The highest BCUT2D eigenvalue weighted by atomic mass is 16.5. The predicted molar refractivity (Wildman–Crippen MR) is 356 cm³/mol. The average Bonchev–Trinajstić information content (AvgIpc) is 3.47. The molecule has 0 aliphatic rings. The lowest BCUT2D eigenvalue weighted by Crippen LogP contribution is -2.45. The minimum absolute atomic E-state index is 0.0232. The number of carbonyl (C=O) groups is 2. The number of allylic oxidation sites excluding steroid dienone is 4. The maximum atomic E-state index is 12.5. The lowest BCUT2D eigenvalue weighted by atomic mass is 10.0. The van der Waals surface area contributed by atoms with Crippen LogP contribution in [0.3, 0.4) is 0 Å². The van der Waals surface area contributed by atoms with E-state index in [4.69, 9.17) is 4.74 Å². The zero-order valence-electron chi connectivity index (χ0n) is 55.0. The van der Waals surface area contributed by atoms with Crippen molar-refractivity contribution in [3.8, 4) is 0 Å². The fourth-order valence-electron chi connectivity index (χ4n) is 11.9. The molecule has 0 radical (unpaired) electrons. The Morgan fingerprint density at radius 1 is 0.346 bits per heavy atom. The molecule has 6 nitrogen and oxygen atoms in total. The molecular formula is C75H145NO5. The van der Waals surface area contributed by atoms with Gasteiger partial charge in [-0.25, -0.2) is 0 Å². The van der Waals surface area contributed by atoms with E-state index in [1.165, 1.54) is 340 Å². The van der Waals surface area contributed by atoms with E-state index in [1.54, 1.807) is 0 Å². The lowest BCUT2D eigenvalue weighted by Gasteiger charge is -2.22. The average molecular weight is 1140 g/mol. The molecule has 2 atom stereocenters. The van der Waals surface area contributed by atoms with Crippen molar-refractivity contribution in [1.82, 2.24) is 5.32 Å². The van der Waals surface area contributed by atoms with Gasteiger partial charge >= 0.3 is 5.97 Å². The van der Waals surface area contributed by atoms with E-state index in [2.05, 4.69) is 43.5 Å². The van der Waals surface area contributed by atoms with Crippen LogP contribution in [0.2, 0.25) is 0 Å². The summed E-state index contributed by atoms with van der Waals surface area (Å²) in [4.78, 5) is 24.5. The van der Waals surface area contributed by atoms with Crippen molar-refractivity contribution in [2.24, 2.45) is 0 Å². The van der Waals surface area contributed by atoms with E-state index >= 15 is 0 Å². The van der Waals surface area contributed by atoms with E-state index in [1.807, 2.05) is 0 Å². The number of unbranched alkanes of at least 4 members (excludes halogenated alkanes) is 55. The molecule has 0 spiro atoms. The van der Waals surface area contributed by atoms with E-state index in [9.17, 15) is 19.8 Å². The number of esters is 1. The second-order valence-electron chi connectivity index (χ2n) is 25.6. The van der Waals surface area contributed by atoms with Gasteiger partial charge in [-0.2, -0.15) is 0 Å². The zero-order chi connectivity index (χ0) is 58.5. The summed E-state index contributed by atoms with van der Waals surface area (Å²) >= 11 is 0. The molecule has 0 aliphatic heterocycles. The van der Waals surface area contributed by atoms with Gasteiger partial charge in [0.2, 0.25) is 5.91 Å². The van der Waals surface area contributed by atoms with Crippen LogP contribution >= 0.6 is 0 Å². The first kappa shape index (κ1) is 79.3. The summed E-state index contributed by atoms with van der Waals surface area (Å²) in [6, 6.07) is -0.537. The molecule has 81 heavy (non-hydrogen) atoms. The first-order valence-electron chi connectivity index (χ1n) is 37.1. The van der Waals surface area contributed by atoms with Gasteiger partial charge in [0.1, 0.15) is 0 Å². The molecule has 0 rings (SSSR count). The quantitative estimate of drug-likeness (QED) is 0.0320. The number of aliphatic hydroxyl groups excluding tert-OH is 2. The third kappa shape index (κ3) is 67.3. The van der Waals surface area contributed by atoms with Crippen LogP contribution in [0.15, 0.2) is 24.3 Å². The third-order valence-electron chi connectivity index (χ3n) is 17.5. The highest BCUT2D eigenvalue weighted by Gasteiger charge is 2.20. The van der Waals surface area contributed by atoms with Crippen molar-refractivity contribution in [2.75, 3.05) is 13.2 Å². The van der Waals surface area contributed by atoms with Gasteiger partial charge < -0.3 is 20.3 Å². The van der Waals surface area contributed by atoms with Crippen LogP contribution in [-0.2, 0) is 14.3 Å². The molecule has 1 amide bonds. The van der Waals surface area contributed by atoms with Gasteiger partial charge in [-0.3, -0.25) is 9.59 Å². The second kappa shape index (κ2) is 70.8. The van der Waals surface area contributed by atoms with Gasteiger partial charge in [-0.15, -0.1) is 0 Å². The van der Waals surface area contributed by atoms with Gasteiger partial charge in [0.15, 0.2) is 0 Å². The van der Waals surface area contributed by atoms with Crippen molar-refractivity contribution in [3.05, 3.63) is 24.3 Å². The van der Waals surface area contributed by atoms with E-state index in [0.29, 0.717) is 25.9 Å². The number of ether oxygens (including phenoxy) is 1. The number of aliphatic hydroxyl groups is 2. The summed E-state index contributed by atoms with van der Waals surface area (Å²) in [5, 5.41) is 23.2. The van der Waals surface area contributed by atoms with Gasteiger partial charge in [0, 0.05) is 12.8 Å². The third-order valence-corrected chi connectivity index (χ3v) is 17.5. The predicted octanol–water partition coefficient (Wildman–Crippen LogP) is 24.1. The Labute approximate surface area is 507 Å². The monoisotopic (exact) mass is 1140 g/mol. The number of hydrogen-bond acceptors (Lipinski definition) is 5. The molecule has 0 bridgehead atoms. The summed E-state index contributed by atoms with van der Waals surface area (Å²) < 4.78 is 5.50. The Hall–Kier alpha value is -1.66. The van der Waals surface area contributed by atoms with Crippen LogP contribution < -0.4 is 5.32 Å². The molecule has 0 aliphatic carbocycles. The number of carbonyl (C=O) groups excluding carboxylic acids is 2. The molecule has 6 heteroatoms. The number of nitrogens with one attached hydrogen (secondary N) is 1. The van der Waals surface area contributed by atoms with Gasteiger partial charge in [-0.05, 0) is 57.8 Å². The molecular weight excluding hydrogens is 995 g/mol. The Kier molecular flexibility index (Phi) is 69.4. The fourth-order valence-corrected chi connectivity index (χ4v) is 11.9. The molecule has 0 aromatic rings. The van der Waals surface area contributed by atoms with Crippen molar-refractivity contribution in [1.29, 1.82) is 0 Å². The molecule has 0 fully saturated rings. The van der Waals surface area contributed by atoms with E-state index in [-0.39, 0.29) is 18.5 Å². The topological polar surface area (TPSA) is 95.9 Å². The number of hydrogen-bond donors (Lipinski definition) is 3. The van der Waals surface area contributed by atoms with Gasteiger partial charge in [0.25, 0.3) is 0 Å². The van der Waals surface area contributed by atoms with Crippen LogP contribution in [0.5, 0.6) is 0 Å². The Balaban J connectivity index is 3.32. The molecule has 2 unspecified atom stereocenters. The number of rotatable bonds is 70. The largest absolute Gasteiger partial charge is 0.466 e. The van der Waals surface area contributed by atoms with Crippen LogP contribution in [0.1, 0.15) is 418 Å². The molecule has 0 saturated carbocycles. The second-order valence-corrected chi connectivity index (χ2v) is 25.6. The summed E-state index contributed by atoms with van der Waals surface area (Å²) in [5.41, 5.74) is 0. The molecule has 480 valence electrons. The van der Waals surface area contributed by atoms with Crippen LogP contribution in [0, 0.1) is 0 Å². The minimum Gasteiger partial charge on any atom is -0.466 e. The van der Waals surface area contributed by atoms with Crippen molar-refractivity contribution in [3.63, 3.8) is 0 Å². The molecule has 0 heterocycles. The SMILES string of the molecule is CCCCCCCCCCCCCCCCC(=O)OCCCCCCCCCCCCCCCCC/C=C\C/C=C\CCCCCCCCCCCCCCCCCCCC(=O)NC(CO)C(O)CCCCCCCCCCCCC. The standard InChI is InChI=1S/C75H145NO5/c1-3-5-7-9-11-13-15-16-45-49-53-57-61-65-69-75(80)81-70-66-62-58-54-50-46-43-41-39-37-35-33-31-29-27-25-23-21-19-17-18-20-22-24-26-28-30-32-34-36-38-40-42-44-48-52-56-60-64-68-74(79)76-72(71-77)73(78)67-63-59-55-51-47-14-12-10-8-6-4-2/h17-18,21,23,72-73,77-78H,3-16,19-20,22,24-71H2,1-2H3,(H,76,79)/b18-17-,23-21-. The normalized spacial score (nSPS) is 12.6. The molecule has 0 aromatic heterocycles. The van der Waals surface area contributed by atoms with Crippen LogP contribution in [-0.4, -0.2) is 47.4 Å². The van der Waals surface area contributed by atoms with Crippen LogP contribution in [0.4, 0.5) is 0 Å². The zero-order valence-corrected chi connectivity index (χ0v) is 55.0. The van der Waals surface area contributed by atoms with Gasteiger partial charge in [0.05, 0.1) is 25.4 Å². The van der Waals surface area contributed by atoms with Crippen LogP contribution in [0.25, 0.3) is 0 Å². The highest BCUT2D eigenvalue weighted by Crippen LogP contribution is 2.19. The lowest BCUT2D eigenvalue weighted by molar-refractivity contribution is -0.143. The Morgan fingerprint density at radius 2 is 0.617 bits per heavy atom. The molecule has 0 aromatic carbocycles. The highest BCUT2D eigenvalue weighted by molar-refractivity contribution is 5.76. The maximum Gasteiger partial charge on any atom is 0.305 e. The summed E-state index contributed by atoms with van der Waals surface area (Å²) in [7, 11) is 0.